The first-order valence-corrected chi connectivity index (χ1v) is 6.85. The van der Waals surface area contributed by atoms with E-state index in [0.717, 1.165) is 25.3 Å². The van der Waals surface area contributed by atoms with Crippen molar-refractivity contribution in [2.45, 2.75) is 34.1 Å². The number of likely N-dealkylation sites (tertiary alicyclic amines) is 1. The zero-order chi connectivity index (χ0) is 14.0. The largest absolute Gasteiger partial charge is 0.484 e. The molecule has 0 unspecified atom stereocenters. The normalized spacial score (nSPS) is 17.6. The Morgan fingerprint density at radius 3 is 2.63 bits per heavy atom. The smallest absolute Gasteiger partial charge is 0.260 e. The SMILES string of the molecule is Cc1ccc(OCC(=O)N2CCC(C)(C)C2)cc1C. The number of benzene rings is 1. The molecule has 3 nitrogen and oxygen atoms in total. The van der Waals surface area contributed by atoms with E-state index in [9.17, 15) is 4.79 Å². The van der Waals surface area contributed by atoms with Crippen molar-refractivity contribution >= 4 is 5.91 Å². The number of carbonyl (C=O) groups excluding carboxylic acids is 1. The van der Waals surface area contributed by atoms with Gasteiger partial charge in [-0.2, -0.15) is 0 Å². The molecule has 1 aliphatic heterocycles. The molecule has 1 saturated heterocycles. The summed E-state index contributed by atoms with van der Waals surface area (Å²) in [5.41, 5.74) is 2.67. The number of hydrogen-bond acceptors (Lipinski definition) is 2. The number of aryl methyl sites for hydroxylation is 2. The van der Waals surface area contributed by atoms with Crippen LogP contribution < -0.4 is 4.74 Å². The van der Waals surface area contributed by atoms with Gasteiger partial charge in [0.2, 0.25) is 0 Å². The summed E-state index contributed by atoms with van der Waals surface area (Å²) in [6.45, 7) is 10.3. The summed E-state index contributed by atoms with van der Waals surface area (Å²) >= 11 is 0. The van der Waals surface area contributed by atoms with Crippen LogP contribution in [0.5, 0.6) is 5.75 Å². The van der Waals surface area contributed by atoms with Gasteiger partial charge in [-0.3, -0.25) is 4.79 Å². The molecule has 0 saturated carbocycles. The molecule has 0 radical (unpaired) electrons. The molecule has 2 rings (SSSR count). The lowest BCUT2D eigenvalue weighted by molar-refractivity contribution is -0.132. The molecule has 1 aromatic carbocycles. The summed E-state index contributed by atoms with van der Waals surface area (Å²) in [6, 6.07) is 5.92. The molecule has 1 aromatic rings. The summed E-state index contributed by atoms with van der Waals surface area (Å²) < 4.78 is 5.59. The Balaban J connectivity index is 1.88. The van der Waals surface area contributed by atoms with E-state index in [0.29, 0.717) is 0 Å². The summed E-state index contributed by atoms with van der Waals surface area (Å²) in [6.07, 6.45) is 1.07. The Morgan fingerprint density at radius 2 is 2.05 bits per heavy atom. The minimum Gasteiger partial charge on any atom is -0.484 e. The van der Waals surface area contributed by atoms with Crippen LogP contribution in [0.25, 0.3) is 0 Å². The Hall–Kier alpha value is -1.51. The molecule has 1 heterocycles. The summed E-state index contributed by atoms with van der Waals surface area (Å²) in [5.74, 6) is 0.860. The molecule has 3 heteroatoms. The van der Waals surface area contributed by atoms with E-state index in [1.54, 1.807) is 0 Å². The Bertz CT molecular complexity index is 480. The molecule has 0 atom stereocenters. The fourth-order valence-corrected chi connectivity index (χ4v) is 2.37. The molecule has 19 heavy (non-hydrogen) atoms. The summed E-state index contributed by atoms with van der Waals surface area (Å²) in [4.78, 5) is 14.0. The average Bonchev–Trinajstić information content (AvgIpc) is 2.71. The van der Waals surface area contributed by atoms with E-state index in [1.165, 1.54) is 11.1 Å². The first-order chi connectivity index (χ1) is 8.87. The van der Waals surface area contributed by atoms with Crippen LogP contribution in [0, 0.1) is 19.3 Å². The predicted molar refractivity (Wildman–Crippen MR) is 76.4 cm³/mol. The molecule has 1 aliphatic rings. The first-order valence-electron chi connectivity index (χ1n) is 6.85. The maximum absolute atomic E-state index is 12.1. The zero-order valence-electron chi connectivity index (χ0n) is 12.3. The van der Waals surface area contributed by atoms with Gasteiger partial charge in [-0.1, -0.05) is 19.9 Å². The first kappa shape index (κ1) is 13.9. The highest BCUT2D eigenvalue weighted by Crippen LogP contribution is 2.28. The van der Waals surface area contributed by atoms with E-state index >= 15 is 0 Å². The van der Waals surface area contributed by atoms with Gasteiger partial charge in [0.1, 0.15) is 5.75 Å². The second-order valence-electron chi connectivity index (χ2n) is 6.26. The highest BCUT2D eigenvalue weighted by molar-refractivity contribution is 5.78. The Labute approximate surface area is 115 Å². The van der Waals surface area contributed by atoms with E-state index in [1.807, 2.05) is 30.0 Å². The van der Waals surface area contributed by atoms with Gasteiger partial charge in [-0.15, -0.1) is 0 Å². The molecule has 0 aromatic heterocycles. The molecule has 0 spiro atoms. The molecule has 1 fully saturated rings. The van der Waals surface area contributed by atoms with Crippen molar-refractivity contribution in [2.75, 3.05) is 19.7 Å². The van der Waals surface area contributed by atoms with Gasteiger partial charge < -0.3 is 9.64 Å². The number of ether oxygens (including phenoxy) is 1. The van der Waals surface area contributed by atoms with Crippen molar-refractivity contribution in [3.05, 3.63) is 29.3 Å². The summed E-state index contributed by atoms with van der Waals surface area (Å²) in [5, 5.41) is 0. The van der Waals surface area contributed by atoms with Crippen molar-refractivity contribution in [2.24, 2.45) is 5.41 Å². The van der Waals surface area contributed by atoms with Gasteiger partial charge >= 0.3 is 0 Å². The average molecular weight is 261 g/mol. The van der Waals surface area contributed by atoms with E-state index in [-0.39, 0.29) is 17.9 Å². The number of nitrogens with zero attached hydrogens (tertiary/aromatic N) is 1. The Morgan fingerprint density at radius 1 is 1.32 bits per heavy atom. The van der Waals surface area contributed by atoms with E-state index < -0.39 is 0 Å². The highest BCUT2D eigenvalue weighted by atomic mass is 16.5. The van der Waals surface area contributed by atoms with Gasteiger partial charge in [0.05, 0.1) is 0 Å². The molecule has 1 amide bonds. The minimum absolute atomic E-state index is 0.0869. The van der Waals surface area contributed by atoms with E-state index in [4.69, 9.17) is 4.74 Å². The zero-order valence-corrected chi connectivity index (χ0v) is 12.3. The van der Waals surface area contributed by atoms with Gasteiger partial charge in [0.25, 0.3) is 5.91 Å². The third-order valence-corrected chi connectivity index (χ3v) is 3.87. The second-order valence-corrected chi connectivity index (χ2v) is 6.26. The minimum atomic E-state index is 0.0869. The van der Waals surface area contributed by atoms with Crippen LogP contribution in [-0.2, 0) is 4.79 Å². The second kappa shape index (κ2) is 5.24. The topological polar surface area (TPSA) is 29.5 Å². The maximum atomic E-state index is 12.1. The van der Waals surface area contributed by atoms with E-state index in [2.05, 4.69) is 20.8 Å². The predicted octanol–water partition coefficient (Wildman–Crippen LogP) is 2.94. The number of hydrogen-bond donors (Lipinski definition) is 0. The van der Waals surface area contributed by atoms with Crippen molar-refractivity contribution < 1.29 is 9.53 Å². The van der Waals surface area contributed by atoms with Gasteiger partial charge in [0.15, 0.2) is 6.61 Å². The summed E-state index contributed by atoms with van der Waals surface area (Å²) in [7, 11) is 0. The Kier molecular flexibility index (Phi) is 3.83. The number of amides is 1. The molecule has 0 N–H and O–H groups in total. The lowest BCUT2D eigenvalue weighted by atomic mass is 9.93. The quantitative estimate of drug-likeness (QED) is 0.837. The highest BCUT2D eigenvalue weighted by Gasteiger charge is 2.31. The fourth-order valence-electron chi connectivity index (χ4n) is 2.37. The van der Waals surface area contributed by atoms with Gasteiger partial charge in [-0.05, 0) is 48.9 Å². The van der Waals surface area contributed by atoms with Crippen LogP contribution >= 0.6 is 0 Å². The molecule has 104 valence electrons. The lowest BCUT2D eigenvalue weighted by Crippen LogP contribution is -2.34. The third kappa shape index (κ3) is 3.49. The standard InChI is InChI=1S/C16H23NO2/c1-12-5-6-14(9-13(12)2)19-10-15(18)17-8-7-16(3,4)11-17/h5-6,9H,7-8,10-11H2,1-4H3. The van der Waals surface area contributed by atoms with Gasteiger partial charge in [-0.25, -0.2) is 0 Å². The van der Waals surface area contributed by atoms with Crippen LogP contribution in [-0.4, -0.2) is 30.5 Å². The third-order valence-electron chi connectivity index (χ3n) is 3.87. The molecular formula is C16H23NO2. The van der Waals surface area contributed by atoms with Crippen molar-refractivity contribution in [3.8, 4) is 5.75 Å². The number of carbonyl (C=O) groups is 1. The van der Waals surface area contributed by atoms with Crippen molar-refractivity contribution in [1.29, 1.82) is 0 Å². The maximum Gasteiger partial charge on any atom is 0.260 e. The fraction of sp³-hybridized carbons (Fsp3) is 0.562. The monoisotopic (exact) mass is 261 g/mol. The van der Waals surface area contributed by atoms with Crippen LogP contribution in [0.4, 0.5) is 0 Å². The van der Waals surface area contributed by atoms with Gasteiger partial charge in [0, 0.05) is 13.1 Å². The molecule has 0 bridgehead atoms. The van der Waals surface area contributed by atoms with Crippen LogP contribution in [0.2, 0.25) is 0 Å². The van der Waals surface area contributed by atoms with Crippen LogP contribution in [0.3, 0.4) is 0 Å². The van der Waals surface area contributed by atoms with Crippen molar-refractivity contribution in [1.82, 2.24) is 4.90 Å². The van der Waals surface area contributed by atoms with Crippen molar-refractivity contribution in [3.63, 3.8) is 0 Å². The molecule has 0 aliphatic carbocycles. The molecular weight excluding hydrogens is 238 g/mol. The number of rotatable bonds is 3. The van der Waals surface area contributed by atoms with Crippen LogP contribution in [0.1, 0.15) is 31.4 Å². The van der Waals surface area contributed by atoms with Crippen LogP contribution in [0.15, 0.2) is 18.2 Å². The lowest BCUT2D eigenvalue weighted by Gasteiger charge is -2.20.